The lowest BCUT2D eigenvalue weighted by Gasteiger charge is -2.20. The van der Waals surface area contributed by atoms with Crippen molar-refractivity contribution < 1.29 is 9.59 Å². The Labute approximate surface area is 163 Å². The molecular formula is C21H25BrN2O2. The molecule has 2 aromatic rings. The lowest BCUT2D eigenvalue weighted by Crippen LogP contribution is -2.35. The predicted octanol–water partition coefficient (Wildman–Crippen LogP) is 4.77. The van der Waals surface area contributed by atoms with Crippen molar-refractivity contribution in [3.63, 3.8) is 0 Å². The molecule has 0 atom stereocenters. The van der Waals surface area contributed by atoms with Crippen molar-refractivity contribution in [2.75, 3.05) is 18.9 Å². The van der Waals surface area contributed by atoms with Crippen molar-refractivity contribution in [2.45, 2.75) is 33.1 Å². The maximum Gasteiger partial charge on any atom is 0.254 e. The normalized spacial score (nSPS) is 11.2. The van der Waals surface area contributed by atoms with Gasteiger partial charge in [-0.05, 0) is 53.8 Å². The van der Waals surface area contributed by atoms with Crippen LogP contribution in [0.25, 0.3) is 0 Å². The van der Waals surface area contributed by atoms with Crippen molar-refractivity contribution in [3.05, 3.63) is 63.6 Å². The zero-order chi connectivity index (χ0) is 19.5. The fraction of sp³-hybridized carbons (Fsp3) is 0.333. The highest BCUT2D eigenvalue weighted by atomic mass is 79.9. The summed E-state index contributed by atoms with van der Waals surface area (Å²) in [4.78, 5) is 26.2. The van der Waals surface area contributed by atoms with Gasteiger partial charge in [-0.3, -0.25) is 9.59 Å². The molecule has 0 aliphatic carbocycles. The Morgan fingerprint density at radius 2 is 1.69 bits per heavy atom. The number of aryl methyl sites for hydroxylation is 1. The number of carbonyl (C=O) groups excluding carboxylic acids is 2. The van der Waals surface area contributed by atoms with E-state index in [1.165, 1.54) is 10.5 Å². The van der Waals surface area contributed by atoms with E-state index in [2.05, 4.69) is 42.0 Å². The number of hydrogen-bond donors (Lipinski definition) is 1. The number of nitrogens with zero attached hydrogens (tertiary/aromatic N) is 1. The Hall–Kier alpha value is -2.14. The minimum Gasteiger partial charge on any atom is -0.332 e. The van der Waals surface area contributed by atoms with Crippen molar-refractivity contribution >= 4 is 33.4 Å². The van der Waals surface area contributed by atoms with E-state index in [4.69, 9.17) is 0 Å². The van der Waals surface area contributed by atoms with Gasteiger partial charge in [0, 0.05) is 22.8 Å². The molecule has 0 aliphatic heterocycles. The van der Waals surface area contributed by atoms with Crippen LogP contribution >= 0.6 is 15.9 Å². The van der Waals surface area contributed by atoms with Gasteiger partial charge in [-0.2, -0.15) is 0 Å². The van der Waals surface area contributed by atoms with Gasteiger partial charge in [0.25, 0.3) is 5.91 Å². The highest BCUT2D eigenvalue weighted by Gasteiger charge is 2.18. The topological polar surface area (TPSA) is 49.4 Å². The quantitative estimate of drug-likeness (QED) is 0.780. The van der Waals surface area contributed by atoms with E-state index in [1.807, 2.05) is 49.4 Å². The molecule has 0 bridgehead atoms. The summed E-state index contributed by atoms with van der Waals surface area (Å²) in [7, 11) is 1.63. The molecule has 0 saturated carbocycles. The average molecular weight is 417 g/mol. The maximum absolute atomic E-state index is 12.5. The van der Waals surface area contributed by atoms with Crippen LogP contribution in [-0.4, -0.2) is 30.3 Å². The first-order valence-electron chi connectivity index (χ1n) is 8.50. The molecule has 0 saturated heterocycles. The first-order valence-corrected chi connectivity index (χ1v) is 9.29. The molecular weight excluding hydrogens is 392 g/mol. The second-order valence-electron chi connectivity index (χ2n) is 7.50. The zero-order valence-electron chi connectivity index (χ0n) is 15.9. The van der Waals surface area contributed by atoms with E-state index >= 15 is 0 Å². The van der Waals surface area contributed by atoms with Crippen LogP contribution in [0.2, 0.25) is 0 Å². The number of hydrogen-bond acceptors (Lipinski definition) is 2. The number of nitrogens with one attached hydrogen (secondary N) is 1. The summed E-state index contributed by atoms with van der Waals surface area (Å²) in [5.74, 6) is -0.397. The molecule has 0 unspecified atom stereocenters. The predicted molar refractivity (Wildman–Crippen MR) is 110 cm³/mol. The van der Waals surface area contributed by atoms with Gasteiger partial charge in [-0.15, -0.1) is 0 Å². The van der Waals surface area contributed by atoms with Gasteiger partial charge in [0.2, 0.25) is 5.91 Å². The van der Waals surface area contributed by atoms with Gasteiger partial charge in [0.15, 0.2) is 0 Å². The van der Waals surface area contributed by atoms with E-state index in [0.717, 1.165) is 15.7 Å². The van der Waals surface area contributed by atoms with Crippen LogP contribution in [0.15, 0.2) is 46.9 Å². The van der Waals surface area contributed by atoms with E-state index in [0.29, 0.717) is 5.56 Å². The van der Waals surface area contributed by atoms with E-state index in [1.54, 1.807) is 7.05 Å². The van der Waals surface area contributed by atoms with Crippen LogP contribution in [0.3, 0.4) is 0 Å². The zero-order valence-corrected chi connectivity index (χ0v) is 17.5. The minimum atomic E-state index is -0.224. The van der Waals surface area contributed by atoms with Crippen molar-refractivity contribution in [1.29, 1.82) is 0 Å². The molecule has 0 aliphatic rings. The molecule has 2 aromatic carbocycles. The number of amides is 2. The molecule has 2 rings (SSSR count). The third-order valence-electron chi connectivity index (χ3n) is 4.19. The Kier molecular flexibility index (Phi) is 6.24. The Bertz CT molecular complexity index is 808. The lowest BCUT2D eigenvalue weighted by molar-refractivity contribution is -0.116. The summed E-state index contributed by atoms with van der Waals surface area (Å²) < 4.78 is 0.957. The molecule has 4 nitrogen and oxygen atoms in total. The molecule has 0 spiro atoms. The second kappa shape index (κ2) is 8.04. The summed E-state index contributed by atoms with van der Waals surface area (Å²) in [5.41, 5.74) is 3.48. The van der Waals surface area contributed by atoms with Gasteiger partial charge in [0.1, 0.15) is 0 Å². The van der Waals surface area contributed by atoms with Crippen LogP contribution < -0.4 is 5.32 Å². The summed E-state index contributed by atoms with van der Waals surface area (Å²) in [5, 5.41) is 2.85. The van der Waals surface area contributed by atoms with Crippen molar-refractivity contribution in [1.82, 2.24) is 4.90 Å². The van der Waals surface area contributed by atoms with Crippen LogP contribution in [0, 0.1) is 6.92 Å². The lowest BCUT2D eigenvalue weighted by atomic mass is 9.86. The summed E-state index contributed by atoms with van der Waals surface area (Å²) in [6, 6.07) is 13.2. The standard InChI is InChI=1S/C21H25BrN2O2/c1-14-12-17(22)10-11-18(14)23-19(25)13-24(5)20(26)15-6-8-16(9-7-15)21(2,3)4/h6-12H,13H2,1-5H3,(H,23,25). The van der Waals surface area contributed by atoms with Crippen molar-refractivity contribution in [2.24, 2.45) is 0 Å². The highest BCUT2D eigenvalue weighted by Crippen LogP contribution is 2.23. The first kappa shape index (κ1) is 20.2. The second-order valence-corrected chi connectivity index (χ2v) is 8.41. The van der Waals surface area contributed by atoms with Gasteiger partial charge in [-0.1, -0.05) is 48.8 Å². The number of rotatable bonds is 4. The fourth-order valence-corrected chi connectivity index (χ4v) is 3.05. The molecule has 1 N–H and O–H groups in total. The number of carbonyl (C=O) groups is 2. The molecule has 138 valence electrons. The Morgan fingerprint density at radius 3 is 2.23 bits per heavy atom. The molecule has 2 amide bonds. The fourth-order valence-electron chi connectivity index (χ4n) is 2.58. The maximum atomic E-state index is 12.5. The average Bonchev–Trinajstić information content (AvgIpc) is 2.56. The molecule has 26 heavy (non-hydrogen) atoms. The first-order chi connectivity index (χ1) is 12.1. The molecule has 0 radical (unpaired) electrons. The summed E-state index contributed by atoms with van der Waals surface area (Å²) in [6.07, 6.45) is 0. The Morgan fingerprint density at radius 1 is 1.08 bits per heavy atom. The summed E-state index contributed by atoms with van der Waals surface area (Å²) in [6.45, 7) is 8.31. The number of benzene rings is 2. The Balaban J connectivity index is 2.01. The van der Waals surface area contributed by atoms with Crippen LogP contribution in [0.4, 0.5) is 5.69 Å². The molecule has 0 heterocycles. The number of anilines is 1. The van der Waals surface area contributed by atoms with E-state index in [9.17, 15) is 9.59 Å². The number of likely N-dealkylation sites (N-methyl/N-ethyl adjacent to an activating group) is 1. The molecule has 0 aromatic heterocycles. The van der Waals surface area contributed by atoms with Gasteiger partial charge >= 0.3 is 0 Å². The van der Waals surface area contributed by atoms with Crippen LogP contribution in [0.1, 0.15) is 42.3 Å². The number of halogens is 1. The third kappa shape index (κ3) is 5.18. The monoisotopic (exact) mass is 416 g/mol. The van der Waals surface area contributed by atoms with Crippen molar-refractivity contribution in [3.8, 4) is 0 Å². The largest absolute Gasteiger partial charge is 0.332 e. The van der Waals surface area contributed by atoms with Crippen LogP contribution in [0.5, 0.6) is 0 Å². The molecule has 0 fully saturated rings. The molecule has 5 heteroatoms. The highest BCUT2D eigenvalue weighted by molar-refractivity contribution is 9.10. The third-order valence-corrected chi connectivity index (χ3v) is 4.68. The van der Waals surface area contributed by atoms with E-state index in [-0.39, 0.29) is 23.8 Å². The van der Waals surface area contributed by atoms with Gasteiger partial charge in [-0.25, -0.2) is 0 Å². The SMILES string of the molecule is Cc1cc(Br)ccc1NC(=O)CN(C)C(=O)c1ccc(C(C)(C)C)cc1. The van der Waals surface area contributed by atoms with Crippen LogP contribution in [-0.2, 0) is 10.2 Å². The van der Waals surface area contributed by atoms with Gasteiger partial charge < -0.3 is 10.2 Å². The smallest absolute Gasteiger partial charge is 0.254 e. The summed E-state index contributed by atoms with van der Waals surface area (Å²) >= 11 is 3.40. The van der Waals surface area contributed by atoms with E-state index < -0.39 is 0 Å². The minimum absolute atomic E-state index is 0.00460. The van der Waals surface area contributed by atoms with Gasteiger partial charge in [0.05, 0.1) is 6.54 Å².